The lowest BCUT2D eigenvalue weighted by Gasteiger charge is -2.26. The Labute approximate surface area is 316 Å². The van der Waals surface area contributed by atoms with Crippen LogP contribution in [0.1, 0.15) is 49.9 Å². The van der Waals surface area contributed by atoms with Crippen molar-refractivity contribution in [3.8, 4) is 11.5 Å². The summed E-state index contributed by atoms with van der Waals surface area (Å²) in [6, 6.07) is 44.1. The summed E-state index contributed by atoms with van der Waals surface area (Å²) < 4.78 is 64.5. The van der Waals surface area contributed by atoms with Gasteiger partial charge in [-0.2, -0.15) is 16.8 Å². The standard InChI is InChI=1S/C43H40N2O7S2/c1-42(2,31-15-7-5-8-16-31)33-23-27-35(28-24-33)53(47,48)51-39-21-13-11-19-37(39)44-41(46)45-38-20-12-14-22-40(38)52-54(49,50)36-29-25-34(26-30-36)43(3,4)32-17-9-6-10-18-32/h5-30H,1-4H3,(H2,44,45,46). The van der Waals surface area contributed by atoms with Crippen molar-refractivity contribution in [1.82, 2.24) is 0 Å². The molecule has 9 nitrogen and oxygen atoms in total. The first-order valence-electron chi connectivity index (χ1n) is 17.1. The maximum atomic E-state index is 13.4. The third kappa shape index (κ3) is 8.33. The summed E-state index contributed by atoms with van der Waals surface area (Å²) in [5.41, 5.74) is 3.39. The molecule has 6 aromatic rings. The molecule has 2 N–H and O–H groups in total. The summed E-state index contributed by atoms with van der Waals surface area (Å²) in [4.78, 5) is 13.1. The molecule has 11 heteroatoms. The fraction of sp³-hybridized carbons (Fsp3) is 0.140. The quantitative estimate of drug-likeness (QED) is 0.119. The average molecular weight is 761 g/mol. The van der Waals surface area contributed by atoms with E-state index in [2.05, 4.69) is 38.3 Å². The van der Waals surface area contributed by atoms with E-state index in [-0.39, 0.29) is 43.5 Å². The van der Waals surface area contributed by atoms with E-state index < -0.39 is 26.3 Å². The van der Waals surface area contributed by atoms with Crippen LogP contribution < -0.4 is 19.0 Å². The van der Waals surface area contributed by atoms with Crippen molar-refractivity contribution in [2.75, 3.05) is 10.6 Å². The molecule has 0 saturated carbocycles. The van der Waals surface area contributed by atoms with Gasteiger partial charge in [0.15, 0.2) is 11.5 Å². The van der Waals surface area contributed by atoms with E-state index in [0.29, 0.717) is 0 Å². The summed E-state index contributed by atoms with van der Waals surface area (Å²) in [6.07, 6.45) is 0. The van der Waals surface area contributed by atoms with Crippen LogP contribution in [-0.2, 0) is 31.1 Å². The number of benzene rings is 6. The summed E-state index contributed by atoms with van der Waals surface area (Å²) in [5.74, 6) is -0.236. The van der Waals surface area contributed by atoms with E-state index >= 15 is 0 Å². The largest absolute Gasteiger partial charge is 0.377 e. The van der Waals surface area contributed by atoms with Crippen LogP contribution in [0, 0.1) is 0 Å². The number of anilines is 2. The molecule has 0 fully saturated rings. The summed E-state index contributed by atoms with van der Waals surface area (Å²) in [7, 11) is -8.59. The number of urea groups is 1. The number of amides is 2. The lowest BCUT2D eigenvalue weighted by atomic mass is 9.78. The predicted molar refractivity (Wildman–Crippen MR) is 211 cm³/mol. The second-order valence-electron chi connectivity index (χ2n) is 13.7. The maximum Gasteiger partial charge on any atom is 0.339 e. The molecule has 0 aliphatic rings. The van der Waals surface area contributed by atoms with Gasteiger partial charge in [0.05, 0.1) is 11.4 Å². The highest BCUT2D eigenvalue weighted by atomic mass is 32.2. The smallest absolute Gasteiger partial charge is 0.339 e. The molecule has 0 atom stereocenters. The highest BCUT2D eigenvalue weighted by Gasteiger charge is 2.27. The van der Waals surface area contributed by atoms with Gasteiger partial charge >= 0.3 is 26.3 Å². The minimum atomic E-state index is -4.29. The molecule has 0 aromatic heterocycles. The van der Waals surface area contributed by atoms with Crippen LogP contribution in [0.15, 0.2) is 168 Å². The van der Waals surface area contributed by atoms with E-state index in [9.17, 15) is 21.6 Å². The number of para-hydroxylation sites is 4. The molecular formula is C43H40N2O7S2. The van der Waals surface area contributed by atoms with Crippen molar-refractivity contribution in [3.05, 3.63) is 180 Å². The zero-order valence-electron chi connectivity index (χ0n) is 30.2. The Bertz CT molecular complexity index is 2290. The Morgan fingerprint density at radius 3 is 1.07 bits per heavy atom. The first-order valence-corrected chi connectivity index (χ1v) is 20.0. The first-order chi connectivity index (χ1) is 25.7. The van der Waals surface area contributed by atoms with Crippen LogP contribution in [0.25, 0.3) is 0 Å². The molecule has 0 aliphatic carbocycles. The van der Waals surface area contributed by atoms with Crippen LogP contribution in [-0.4, -0.2) is 22.9 Å². The molecule has 6 rings (SSSR count). The number of carbonyl (C=O) groups excluding carboxylic acids is 1. The molecule has 0 radical (unpaired) electrons. The van der Waals surface area contributed by atoms with Crippen molar-refractivity contribution in [2.45, 2.75) is 48.3 Å². The van der Waals surface area contributed by atoms with Crippen molar-refractivity contribution in [3.63, 3.8) is 0 Å². The van der Waals surface area contributed by atoms with Crippen molar-refractivity contribution in [1.29, 1.82) is 0 Å². The summed E-state index contributed by atoms with van der Waals surface area (Å²) in [6.45, 7) is 8.24. The fourth-order valence-electron chi connectivity index (χ4n) is 6.01. The molecule has 0 unspecified atom stereocenters. The molecule has 0 aliphatic heterocycles. The van der Waals surface area contributed by atoms with Crippen LogP contribution in [0.3, 0.4) is 0 Å². The average Bonchev–Trinajstić information content (AvgIpc) is 3.17. The minimum absolute atomic E-state index is 0.0591. The molecule has 6 aromatic carbocycles. The lowest BCUT2D eigenvalue weighted by Crippen LogP contribution is -2.22. The van der Waals surface area contributed by atoms with Crippen LogP contribution in [0.5, 0.6) is 11.5 Å². The van der Waals surface area contributed by atoms with Crippen LogP contribution in [0.4, 0.5) is 16.2 Å². The Kier molecular flexibility index (Phi) is 10.7. The van der Waals surface area contributed by atoms with Crippen molar-refractivity contribution in [2.24, 2.45) is 0 Å². The molecule has 54 heavy (non-hydrogen) atoms. The van der Waals surface area contributed by atoms with E-state index in [1.807, 2.05) is 60.7 Å². The topological polar surface area (TPSA) is 128 Å². The molecular weight excluding hydrogens is 721 g/mol. The molecule has 2 amide bonds. The van der Waals surface area contributed by atoms with Gasteiger partial charge in [-0.25, -0.2) is 4.79 Å². The van der Waals surface area contributed by atoms with Gasteiger partial charge < -0.3 is 19.0 Å². The molecule has 0 bridgehead atoms. The van der Waals surface area contributed by atoms with Gasteiger partial charge in [-0.3, -0.25) is 0 Å². The SMILES string of the molecule is CC(C)(c1ccccc1)c1ccc(S(=O)(=O)Oc2ccccc2NC(=O)Nc2ccccc2OS(=O)(=O)c2ccc(C(C)(C)c3ccccc3)cc2)cc1. The van der Waals surface area contributed by atoms with Crippen molar-refractivity contribution < 1.29 is 30.0 Å². The Morgan fingerprint density at radius 1 is 0.426 bits per heavy atom. The van der Waals surface area contributed by atoms with Gasteiger partial charge in [0, 0.05) is 10.8 Å². The van der Waals surface area contributed by atoms with Crippen LogP contribution >= 0.6 is 0 Å². The number of rotatable bonds is 12. The normalized spacial score (nSPS) is 12.1. The third-order valence-electron chi connectivity index (χ3n) is 9.39. The molecule has 0 heterocycles. The number of hydrogen-bond donors (Lipinski definition) is 2. The molecule has 0 saturated heterocycles. The predicted octanol–water partition coefficient (Wildman–Crippen LogP) is 9.52. The molecule has 276 valence electrons. The third-order valence-corrected chi connectivity index (χ3v) is 11.9. The van der Waals surface area contributed by atoms with E-state index in [0.717, 1.165) is 22.3 Å². The minimum Gasteiger partial charge on any atom is -0.377 e. The lowest BCUT2D eigenvalue weighted by molar-refractivity contribution is 0.262. The monoisotopic (exact) mass is 760 g/mol. The highest BCUT2D eigenvalue weighted by molar-refractivity contribution is 7.87. The summed E-state index contributed by atoms with van der Waals surface area (Å²) >= 11 is 0. The zero-order chi connectivity index (χ0) is 38.6. The van der Waals surface area contributed by atoms with Gasteiger partial charge in [0.2, 0.25) is 0 Å². The second kappa shape index (κ2) is 15.2. The summed E-state index contributed by atoms with van der Waals surface area (Å²) in [5, 5.41) is 5.18. The van der Waals surface area contributed by atoms with Crippen LogP contribution in [0.2, 0.25) is 0 Å². The van der Waals surface area contributed by atoms with Gasteiger partial charge in [0.25, 0.3) is 0 Å². The van der Waals surface area contributed by atoms with E-state index in [1.165, 1.54) is 48.5 Å². The zero-order valence-corrected chi connectivity index (χ0v) is 31.8. The van der Waals surface area contributed by atoms with Crippen molar-refractivity contribution >= 4 is 37.6 Å². The fourth-order valence-corrected chi connectivity index (χ4v) is 7.91. The van der Waals surface area contributed by atoms with Gasteiger partial charge in [-0.1, -0.05) is 137 Å². The molecule has 0 spiro atoms. The second-order valence-corrected chi connectivity index (χ2v) is 16.8. The Hall–Kier alpha value is -5.91. The number of carbonyl (C=O) groups is 1. The van der Waals surface area contributed by atoms with Gasteiger partial charge in [0.1, 0.15) is 9.79 Å². The maximum absolute atomic E-state index is 13.4. The van der Waals surface area contributed by atoms with E-state index in [1.54, 1.807) is 48.5 Å². The highest BCUT2D eigenvalue weighted by Crippen LogP contribution is 2.35. The van der Waals surface area contributed by atoms with Gasteiger partial charge in [-0.05, 0) is 70.8 Å². The first kappa shape index (κ1) is 37.8. The van der Waals surface area contributed by atoms with Gasteiger partial charge in [-0.15, -0.1) is 0 Å². The number of hydrogen-bond acceptors (Lipinski definition) is 7. The number of nitrogens with one attached hydrogen (secondary N) is 2. The Morgan fingerprint density at radius 2 is 0.722 bits per heavy atom. The Balaban J connectivity index is 1.14. The van der Waals surface area contributed by atoms with E-state index in [4.69, 9.17) is 8.37 Å².